The molecule has 0 saturated heterocycles. The van der Waals surface area contributed by atoms with Gasteiger partial charge in [0.05, 0.1) is 0 Å². The molecule has 0 radical (unpaired) electrons. The van der Waals surface area contributed by atoms with Gasteiger partial charge in [0.1, 0.15) is 0 Å². The van der Waals surface area contributed by atoms with E-state index in [9.17, 15) is 4.79 Å². The molecule has 1 aliphatic rings. The molecule has 0 bridgehead atoms. The van der Waals surface area contributed by atoms with Crippen LogP contribution in [0.3, 0.4) is 0 Å². The van der Waals surface area contributed by atoms with Gasteiger partial charge >= 0.3 is 0 Å². The molecule has 1 fully saturated rings. The number of benzene rings is 1. The number of amides is 1. The first kappa shape index (κ1) is 14.1. The summed E-state index contributed by atoms with van der Waals surface area (Å²) in [6, 6.07) is 8.26. The minimum absolute atomic E-state index is 0.123. The first-order valence-corrected chi connectivity index (χ1v) is 7.82. The molecule has 0 unspecified atom stereocenters. The van der Waals surface area contributed by atoms with Crippen LogP contribution in [0, 0.1) is 11.8 Å². The second kappa shape index (κ2) is 6.31. The Morgan fingerprint density at radius 1 is 1.33 bits per heavy atom. The zero-order chi connectivity index (χ0) is 14.7. The Kier molecular flexibility index (Phi) is 4.25. The van der Waals surface area contributed by atoms with Gasteiger partial charge in [0.25, 0.3) is 0 Å². The van der Waals surface area contributed by atoms with Crippen LogP contribution in [-0.4, -0.2) is 24.0 Å². The summed E-state index contributed by atoms with van der Waals surface area (Å²) in [6.45, 7) is 1.31. The van der Waals surface area contributed by atoms with Gasteiger partial charge in [0, 0.05) is 29.6 Å². The van der Waals surface area contributed by atoms with E-state index in [0.29, 0.717) is 19.0 Å². The molecule has 4 nitrogen and oxygen atoms in total. The number of aromatic amines is 1. The van der Waals surface area contributed by atoms with Crippen molar-refractivity contribution in [2.24, 2.45) is 17.6 Å². The van der Waals surface area contributed by atoms with Gasteiger partial charge in [0.15, 0.2) is 0 Å². The number of aromatic nitrogens is 1. The quantitative estimate of drug-likeness (QED) is 0.788. The van der Waals surface area contributed by atoms with Crippen molar-refractivity contribution in [1.29, 1.82) is 0 Å². The molecule has 21 heavy (non-hydrogen) atoms. The van der Waals surface area contributed by atoms with Crippen molar-refractivity contribution in [2.45, 2.75) is 25.7 Å². The van der Waals surface area contributed by atoms with E-state index >= 15 is 0 Å². The maximum atomic E-state index is 12.2. The Labute approximate surface area is 125 Å². The van der Waals surface area contributed by atoms with Crippen molar-refractivity contribution in [1.82, 2.24) is 10.3 Å². The Morgan fingerprint density at radius 3 is 3.05 bits per heavy atom. The summed E-state index contributed by atoms with van der Waals surface area (Å²) >= 11 is 0. The third-order valence-electron chi connectivity index (χ3n) is 4.67. The highest BCUT2D eigenvalue weighted by Gasteiger charge is 2.31. The summed E-state index contributed by atoms with van der Waals surface area (Å²) in [5.74, 6) is 0.679. The highest BCUT2D eigenvalue weighted by atomic mass is 16.1. The lowest BCUT2D eigenvalue weighted by Gasteiger charge is -2.17. The zero-order valence-electron chi connectivity index (χ0n) is 12.3. The van der Waals surface area contributed by atoms with Gasteiger partial charge in [-0.05, 0) is 43.4 Å². The maximum absolute atomic E-state index is 12.2. The van der Waals surface area contributed by atoms with Crippen molar-refractivity contribution in [3.63, 3.8) is 0 Å². The lowest BCUT2D eigenvalue weighted by atomic mass is 9.95. The molecule has 1 heterocycles. The number of carbonyl (C=O) groups is 1. The number of para-hydroxylation sites is 1. The highest BCUT2D eigenvalue weighted by molar-refractivity contribution is 5.83. The molecule has 1 saturated carbocycles. The predicted octanol–water partition coefficient (Wildman–Crippen LogP) is 2.20. The standard InChI is InChI=1S/C17H23N3O/c18-10-12-4-3-6-15(12)17(21)19-9-8-13-11-20-16-7-2-1-5-14(13)16/h1-2,5,7,11-12,15,20H,3-4,6,8-10,18H2,(H,19,21)/t12-,15-/m1/s1. The second-order valence-electron chi connectivity index (χ2n) is 5.93. The van der Waals surface area contributed by atoms with Crippen molar-refractivity contribution in [3.05, 3.63) is 36.0 Å². The minimum atomic E-state index is 0.123. The molecular formula is C17H23N3O. The van der Waals surface area contributed by atoms with Gasteiger partial charge < -0.3 is 16.0 Å². The van der Waals surface area contributed by atoms with E-state index in [0.717, 1.165) is 31.2 Å². The number of nitrogens with two attached hydrogens (primary N) is 1. The van der Waals surface area contributed by atoms with Crippen LogP contribution < -0.4 is 11.1 Å². The van der Waals surface area contributed by atoms with Gasteiger partial charge in [-0.15, -0.1) is 0 Å². The van der Waals surface area contributed by atoms with Crippen LogP contribution in [0.4, 0.5) is 0 Å². The molecule has 112 valence electrons. The molecule has 1 aromatic heterocycles. The molecule has 0 spiro atoms. The monoisotopic (exact) mass is 285 g/mol. The molecule has 1 aromatic carbocycles. The fraction of sp³-hybridized carbons (Fsp3) is 0.471. The second-order valence-corrected chi connectivity index (χ2v) is 5.93. The van der Waals surface area contributed by atoms with Crippen LogP contribution in [0.2, 0.25) is 0 Å². The number of carbonyl (C=O) groups excluding carboxylic acids is 1. The number of nitrogens with one attached hydrogen (secondary N) is 2. The van der Waals surface area contributed by atoms with Crippen molar-refractivity contribution in [2.75, 3.05) is 13.1 Å². The number of H-pyrrole nitrogens is 1. The van der Waals surface area contributed by atoms with Crippen LogP contribution in [0.25, 0.3) is 10.9 Å². The Hall–Kier alpha value is -1.81. The first-order valence-electron chi connectivity index (χ1n) is 7.82. The lowest BCUT2D eigenvalue weighted by molar-refractivity contribution is -0.125. The van der Waals surface area contributed by atoms with E-state index in [1.165, 1.54) is 10.9 Å². The number of rotatable bonds is 5. The molecule has 4 heteroatoms. The van der Waals surface area contributed by atoms with Gasteiger partial charge in [-0.25, -0.2) is 0 Å². The Morgan fingerprint density at radius 2 is 2.19 bits per heavy atom. The zero-order valence-corrected chi connectivity index (χ0v) is 12.3. The predicted molar refractivity (Wildman–Crippen MR) is 84.9 cm³/mol. The van der Waals surface area contributed by atoms with Gasteiger partial charge in [-0.2, -0.15) is 0 Å². The van der Waals surface area contributed by atoms with Crippen LogP contribution in [-0.2, 0) is 11.2 Å². The van der Waals surface area contributed by atoms with Gasteiger partial charge in [0.2, 0.25) is 5.91 Å². The van der Waals surface area contributed by atoms with Crippen molar-refractivity contribution < 1.29 is 4.79 Å². The summed E-state index contributed by atoms with van der Waals surface area (Å²) in [4.78, 5) is 15.5. The van der Waals surface area contributed by atoms with Gasteiger partial charge in [-0.3, -0.25) is 4.79 Å². The third-order valence-corrected chi connectivity index (χ3v) is 4.67. The molecular weight excluding hydrogens is 262 g/mol. The van der Waals surface area contributed by atoms with Crippen LogP contribution in [0.15, 0.2) is 30.5 Å². The van der Waals surface area contributed by atoms with Crippen LogP contribution in [0.5, 0.6) is 0 Å². The maximum Gasteiger partial charge on any atom is 0.223 e. The van der Waals surface area contributed by atoms with Crippen molar-refractivity contribution in [3.8, 4) is 0 Å². The van der Waals surface area contributed by atoms with Crippen LogP contribution in [0.1, 0.15) is 24.8 Å². The lowest BCUT2D eigenvalue weighted by Crippen LogP contribution is -2.36. The van der Waals surface area contributed by atoms with E-state index in [2.05, 4.69) is 22.4 Å². The minimum Gasteiger partial charge on any atom is -0.361 e. The molecule has 0 aliphatic heterocycles. The van der Waals surface area contributed by atoms with E-state index in [1.807, 2.05) is 18.3 Å². The number of hydrogen-bond donors (Lipinski definition) is 3. The van der Waals surface area contributed by atoms with E-state index in [4.69, 9.17) is 5.73 Å². The normalized spacial score (nSPS) is 21.8. The largest absolute Gasteiger partial charge is 0.361 e. The van der Waals surface area contributed by atoms with Crippen molar-refractivity contribution >= 4 is 16.8 Å². The average molecular weight is 285 g/mol. The first-order chi connectivity index (χ1) is 10.3. The summed E-state index contributed by atoms with van der Waals surface area (Å²) in [7, 11) is 0. The molecule has 2 aromatic rings. The molecule has 3 rings (SSSR count). The van der Waals surface area contributed by atoms with E-state index in [1.54, 1.807) is 0 Å². The Bertz CT molecular complexity index is 619. The SMILES string of the molecule is NC[C@H]1CCC[C@H]1C(=O)NCCc1c[nH]c2ccccc12. The smallest absolute Gasteiger partial charge is 0.223 e. The average Bonchev–Trinajstić information content (AvgIpc) is 3.14. The fourth-order valence-corrected chi connectivity index (χ4v) is 3.45. The summed E-state index contributed by atoms with van der Waals surface area (Å²) in [5.41, 5.74) is 8.15. The third kappa shape index (κ3) is 2.95. The topological polar surface area (TPSA) is 70.9 Å². The number of fused-ring (bicyclic) bond motifs is 1. The molecule has 2 atom stereocenters. The Balaban J connectivity index is 1.55. The van der Waals surface area contributed by atoms with E-state index < -0.39 is 0 Å². The molecule has 1 aliphatic carbocycles. The highest BCUT2D eigenvalue weighted by Crippen LogP contribution is 2.30. The summed E-state index contributed by atoms with van der Waals surface area (Å²) in [6.07, 6.45) is 6.10. The fourth-order valence-electron chi connectivity index (χ4n) is 3.45. The van der Waals surface area contributed by atoms with Crippen LogP contribution >= 0.6 is 0 Å². The summed E-state index contributed by atoms with van der Waals surface area (Å²) in [5, 5.41) is 4.33. The molecule has 4 N–H and O–H groups in total. The summed E-state index contributed by atoms with van der Waals surface area (Å²) < 4.78 is 0. The number of hydrogen-bond acceptors (Lipinski definition) is 2. The van der Waals surface area contributed by atoms with E-state index in [-0.39, 0.29) is 11.8 Å². The molecule has 1 amide bonds. The van der Waals surface area contributed by atoms with Gasteiger partial charge in [-0.1, -0.05) is 24.6 Å².